The molecule has 0 radical (unpaired) electrons. The Balaban J connectivity index is 1.76. The van der Waals surface area contributed by atoms with Crippen molar-refractivity contribution >= 4 is 29.6 Å². The van der Waals surface area contributed by atoms with Gasteiger partial charge in [0.25, 0.3) is 11.8 Å². The molecule has 1 saturated heterocycles. The Morgan fingerprint density at radius 3 is 2.44 bits per heavy atom. The van der Waals surface area contributed by atoms with Gasteiger partial charge in [-0.15, -0.1) is 0 Å². The quantitative estimate of drug-likeness (QED) is 0.463. The van der Waals surface area contributed by atoms with Crippen LogP contribution < -0.4 is 15.0 Å². The maximum atomic E-state index is 13.3. The van der Waals surface area contributed by atoms with E-state index in [4.69, 9.17) is 10.00 Å². The van der Waals surface area contributed by atoms with Crippen molar-refractivity contribution in [2.24, 2.45) is 0 Å². The van der Waals surface area contributed by atoms with E-state index in [1.54, 1.807) is 43.3 Å². The summed E-state index contributed by atoms with van der Waals surface area (Å²) in [4.78, 5) is 39.5. The molecule has 0 aliphatic carbocycles. The van der Waals surface area contributed by atoms with E-state index in [0.29, 0.717) is 23.5 Å². The van der Waals surface area contributed by atoms with Gasteiger partial charge in [-0.2, -0.15) is 5.26 Å². The lowest BCUT2D eigenvalue weighted by Gasteiger charge is -2.27. The van der Waals surface area contributed by atoms with Crippen LogP contribution in [0.1, 0.15) is 29.4 Å². The highest BCUT2D eigenvalue weighted by Gasteiger charge is 2.38. The number of rotatable bonds is 5. The second-order valence-electron chi connectivity index (χ2n) is 7.68. The van der Waals surface area contributed by atoms with Crippen LogP contribution in [0.4, 0.5) is 10.5 Å². The molecule has 1 aliphatic heterocycles. The molecule has 34 heavy (non-hydrogen) atoms. The first-order valence-corrected chi connectivity index (χ1v) is 10.7. The van der Waals surface area contributed by atoms with Crippen molar-refractivity contribution in [2.45, 2.75) is 20.8 Å². The lowest BCUT2D eigenvalue weighted by molar-refractivity contribution is -0.122. The molecule has 8 heteroatoms. The summed E-state index contributed by atoms with van der Waals surface area (Å²) < 4.78 is 7.53. The lowest BCUT2D eigenvalue weighted by atomic mass is 10.1. The lowest BCUT2D eigenvalue weighted by Crippen LogP contribution is -2.54. The standard InChI is InChI=1S/C26H22N4O4/c1-4-34-23-8-6-5-7-22(23)30-25(32)21(24(31)28-26(30)33)14-19-13-16(2)29(17(19)3)20-11-9-18(15-27)10-12-20/h5-14H,4H2,1-3H3,(H,28,31,33)/b21-14+. The number of para-hydroxylation sites is 2. The number of amides is 4. The highest BCUT2D eigenvalue weighted by molar-refractivity contribution is 6.39. The fourth-order valence-electron chi connectivity index (χ4n) is 3.97. The third-order valence-electron chi connectivity index (χ3n) is 5.53. The Bertz CT molecular complexity index is 1380. The zero-order chi connectivity index (χ0) is 24.4. The van der Waals surface area contributed by atoms with Crippen LogP contribution in [-0.2, 0) is 9.59 Å². The highest BCUT2D eigenvalue weighted by Crippen LogP contribution is 2.31. The summed E-state index contributed by atoms with van der Waals surface area (Å²) >= 11 is 0. The van der Waals surface area contributed by atoms with Gasteiger partial charge in [0.05, 0.1) is 23.9 Å². The van der Waals surface area contributed by atoms with Gasteiger partial charge in [0.2, 0.25) is 0 Å². The molecule has 4 rings (SSSR count). The van der Waals surface area contributed by atoms with Crippen LogP contribution in [-0.4, -0.2) is 29.0 Å². The third kappa shape index (κ3) is 3.95. The molecule has 3 aromatic rings. The summed E-state index contributed by atoms with van der Waals surface area (Å²) in [5.41, 5.74) is 3.84. The Labute approximate surface area is 196 Å². The molecule has 1 N–H and O–H groups in total. The average molecular weight is 454 g/mol. The number of aromatic nitrogens is 1. The molecular weight excluding hydrogens is 432 g/mol. The zero-order valence-electron chi connectivity index (χ0n) is 19.0. The summed E-state index contributed by atoms with van der Waals surface area (Å²) in [6.07, 6.45) is 1.49. The van der Waals surface area contributed by atoms with Gasteiger partial charge >= 0.3 is 6.03 Å². The van der Waals surface area contributed by atoms with Gasteiger partial charge in [0.1, 0.15) is 11.3 Å². The number of anilines is 1. The summed E-state index contributed by atoms with van der Waals surface area (Å²) in [7, 11) is 0. The Morgan fingerprint density at radius 2 is 1.76 bits per heavy atom. The van der Waals surface area contributed by atoms with E-state index in [1.807, 2.05) is 36.6 Å². The number of nitriles is 1. The first-order chi connectivity index (χ1) is 16.3. The number of nitrogens with zero attached hydrogens (tertiary/aromatic N) is 3. The van der Waals surface area contributed by atoms with E-state index < -0.39 is 17.8 Å². The van der Waals surface area contributed by atoms with Crippen LogP contribution in [0.2, 0.25) is 0 Å². The molecule has 8 nitrogen and oxygen atoms in total. The third-order valence-corrected chi connectivity index (χ3v) is 5.53. The summed E-state index contributed by atoms with van der Waals surface area (Å²) in [5, 5.41) is 11.3. The van der Waals surface area contributed by atoms with Crippen molar-refractivity contribution in [3.8, 4) is 17.5 Å². The number of hydrogen-bond donors (Lipinski definition) is 1. The first kappa shape index (κ1) is 22.6. The average Bonchev–Trinajstić information content (AvgIpc) is 3.10. The molecule has 170 valence electrons. The minimum absolute atomic E-state index is 0.161. The first-order valence-electron chi connectivity index (χ1n) is 10.7. The normalized spacial score (nSPS) is 14.8. The SMILES string of the molecule is CCOc1ccccc1N1C(=O)NC(=O)/C(=C\c2cc(C)n(-c3ccc(C#N)cc3)c2C)C1=O. The van der Waals surface area contributed by atoms with Crippen LogP contribution in [0, 0.1) is 25.2 Å². The second-order valence-corrected chi connectivity index (χ2v) is 7.68. The van der Waals surface area contributed by atoms with E-state index >= 15 is 0 Å². The van der Waals surface area contributed by atoms with Crippen molar-refractivity contribution in [3.05, 3.63) is 82.7 Å². The van der Waals surface area contributed by atoms with E-state index in [9.17, 15) is 14.4 Å². The molecule has 0 bridgehead atoms. The van der Waals surface area contributed by atoms with Crippen molar-refractivity contribution in [2.75, 3.05) is 11.5 Å². The van der Waals surface area contributed by atoms with Gasteiger partial charge in [0.15, 0.2) is 0 Å². The maximum absolute atomic E-state index is 13.3. The Kier molecular flexibility index (Phi) is 6.02. The minimum Gasteiger partial charge on any atom is -0.492 e. The van der Waals surface area contributed by atoms with Gasteiger partial charge in [-0.05, 0) is 74.9 Å². The number of benzene rings is 2. The molecule has 2 aromatic carbocycles. The predicted molar refractivity (Wildman–Crippen MR) is 127 cm³/mol. The topological polar surface area (TPSA) is 104 Å². The Hall–Kier alpha value is -4.64. The van der Waals surface area contributed by atoms with Crippen molar-refractivity contribution in [1.82, 2.24) is 9.88 Å². The molecule has 0 spiro atoms. The fourth-order valence-corrected chi connectivity index (χ4v) is 3.97. The molecule has 1 aliphatic rings. The van der Waals surface area contributed by atoms with Gasteiger partial charge in [-0.1, -0.05) is 12.1 Å². The number of barbiturate groups is 1. The number of carbonyl (C=O) groups is 3. The summed E-state index contributed by atoms with van der Waals surface area (Å²) in [6.45, 7) is 5.93. The number of imide groups is 2. The monoisotopic (exact) mass is 454 g/mol. The number of nitrogens with one attached hydrogen (secondary N) is 1. The minimum atomic E-state index is -0.831. The number of aryl methyl sites for hydroxylation is 1. The van der Waals surface area contributed by atoms with E-state index in [2.05, 4.69) is 11.4 Å². The molecule has 4 amide bonds. The van der Waals surface area contributed by atoms with Crippen LogP contribution in [0.15, 0.2) is 60.2 Å². The smallest absolute Gasteiger partial charge is 0.336 e. The van der Waals surface area contributed by atoms with Crippen LogP contribution >= 0.6 is 0 Å². The molecule has 1 aromatic heterocycles. The molecule has 0 unspecified atom stereocenters. The molecule has 1 fully saturated rings. The van der Waals surface area contributed by atoms with Crippen LogP contribution in [0.25, 0.3) is 11.8 Å². The molecule has 0 saturated carbocycles. The van der Waals surface area contributed by atoms with E-state index in [1.165, 1.54) is 6.08 Å². The Morgan fingerprint density at radius 1 is 1.06 bits per heavy atom. The van der Waals surface area contributed by atoms with Crippen molar-refractivity contribution in [3.63, 3.8) is 0 Å². The van der Waals surface area contributed by atoms with Crippen LogP contribution in [0.3, 0.4) is 0 Å². The number of hydrogen-bond acceptors (Lipinski definition) is 5. The predicted octanol–water partition coefficient (Wildman–Crippen LogP) is 4.03. The maximum Gasteiger partial charge on any atom is 0.336 e. The zero-order valence-corrected chi connectivity index (χ0v) is 19.0. The summed E-state index contributed by atoms with van der Waals surface area (Å²) in [6, 6.07) is 16.9. The van der Waals surface area contributed by atoms with Crippen molar-refractivity contribution in [1.29, 1.82) is 5.26 Å². The van der Waals surface area contributed by atoms with Crippen LogP contribution in [0.5, 0.6) is 5.75 Å². The fraction of sp³-hybridized carbons (Fsp3) is 0.154. The summed E-state index contributed by atoms with van der Waals surface area (Å²) in [5.74, 6) is -1.13. The van der Waals surface area contributed by atoms with Crippen molar-refractivity contribution < 1.29 is 19.1 Å². The molecular formula is C26H22N4O4. The number of carbonyl (C=O) groups excluding carboxylic acids is 3. The number of ether oxygens (including phenoxy) is 1. The molecule has 2 heterocycles. The van der Waals surface area contributed by atoms with E-state index in [0.717, 1.165) is 22.0 Å². The van der Waals surface area contributed by atoms with Gasteiger partial charge in [-0.3, -0.25) is 14.9 Å². The molecule has 0 atom stereocenters. The second kappa shape index (κ2) is 9.08. The van der Waals surface area contributed by atoms with Gasteiger partial charge < -0.3 is 9.30 Å². The van der Waals surface area contributed by atoms with E-state index in [-0.39, 0.29) is 11.3 Å². The van der Waals surface area contributed by atoms with Gasteiger partial charge in [-0.25, -0.2) is 9.69 Å². The van der Waals surface area contributed by atoms with Gasteiger partial charge in [0, 0.05) is 17.1 Å². The number of urea groups is 1. The highest BCUT2D eigenvalue weighted by atomic mass is 16.5. The largest absolute Gasteiger partial charge is 0.492 e.